The van der Waals surface area contributed by atoms with E-state index in [0.717, 1.165) is 55.2 Å². The number of sulfonamides is 1. The summed E-state index contributed by atoms with van der Waals surface area (Å²) in [5.74, 6) is 1.45. The van der Waals surface area contributed by atoms with Gasteiger partial charge in [0.1, 0.15) is 24.5 Å². The summed E-state index contributed by atoms with van der Waals surface area (Å²) in [5, 5.41) is 1.06. The van der Waals surface area contributed by atoms with E-state index in [1.165, 1.54) is 6.26 Å². The lowest BCUT2D eigenvalue weighted by Gasteiger charge is -2.59. The molecule has 1 spiro atoms. The number of hydrogen-bond donors (Lipinski definition) is 1. The summed E-state index contributed by atoms with van der Waals surface area (Å²) < 4.78 is 33.2. The molecule has 178 valence electrons. The molecular weight excluding hydrogens is 442 g/mol. The summed E-state index contributed by atoms with van der Waals surface area (Å²) in [7, 11) is -2.06. The van der Waals surface area contributed by atoms with Crippen molar-refractivity contribution in [1.82, 2.24) is 19.3 Å². The Morgan fingerprint density at radius 2 is 1.97 bits per heavy atom. The molecule has 10 heteroatoms. The van der Waals surface area contributed by atoms with Gasteiger partial charge in [0.15, 0.2) is 0 Å². The van der Waals surface area contributed by atoms with Gasteiger partial charge in [0.25, 0.3) is 0 Å². The van der Waals surface area contributed by atoms with E-state index in [1.54, 1.807) is 6.33 Å². The third-order valence-corrected chi connectivity index (χ3v) is 9.45. The molecule has 0 saturated heterocycles. The van der Waals surface area contributed by atoms with Gasteiger partial charge in [-0.3, -0.25) is 0 Å². The lowest BCUT2D eigenvalue weighted by Crippen LogP contribution is -2.57. The first-order chi connectivity index (χ1) is 14.9. The van der Waals surface area contributed by atoms with Crippen LogP contribution in [-0.4, -0.2) is 63.5 Å². The Balaban J connectivity index is 1.32. The highest BCUT2D eigenvalue weighted by Gasteiger charge is 2.53. The summed E-state index contributed by atoms with van der Waals surface area (Å²) >= 11 is 0. The van der Waals surface area contributed by atoms with Crippen molar-refractivity contribution in [2.75, 3.05) is 31.4 Å². The topological polar surface area (TPSA) is 89.3 Å². The predicted octanol–water partition coefficient (Wildman–Crippen LogP) is 3.29. The number of anilines is 1. The third-order valence-electron chi connectivity index (χ3n) is 7.06. The first-order valence-electron chi connectivity index (χ1n) is 11.5. The molecule has 4 rings (SSSR count). The molecule has 2 aromatic heterocycles. The van der Waals surface area contributed by atoms with Crippen LogP contribution in [0, 0.1) is 11.3 Å². The van der Waals surface area contributed by atoms with Gasteiger partial charge >= 0.3 is 0 Å². The van der Waals surface area contributed by atoms with Crippen molar-refractivity contribution in [3.05, 3.63) is 18.6 Å². The van der Waals surface area contributed by atoms with Gasteiger partial charge in [0.2, 0.25) is 10.0 Å². The molecule has 0 amide bonds. The van der Waals surface area contributed by atoms with E-state index < -0.39 is 18.1 Å². The van der Waals surface area contributed by atoms with Crippen molar-refractivity contribution >= 4 is 34.9 Å². The monoisotopic (exact) mass is 479 g/mol. The Bertz CT molecular complexity index is 1050. The van der Waals surface area contributed by atoms with E-state index in [-0.39, 0.29) is 0 Å². The van der Waals surface area contributed by atoms with Crippen LogP contribution in [0.25, 0.3) is 11.0 Å². The smallest absolute Gasteiger partial charge is 0.208 e. The molecule has 0 unspecified atom stereocenters. The van der Waals surface area contributed by atoms with Crippen molar-refractivity contribution in [2.45, 2.75) is 64.1 Å². The molecule has 0 bridgehead atoms. The summed E-state index contributed by atoms with van der Waals surface area (Å²) in [5.41, 5.74) is 1.31. The largest absolute Gasteiger partial charge is 0.361 e. The van der Waals surface area contributed by atoms with Crippen LogP contribution < -0.4 is 9.62 Å². The molecule has 2 saturated carbocycles. The summed E-state index contributed by atoms with van der Waals surface area (Å²) in [6, 6.07) is 3.71. The van der Waals surface area contributed by atoms with Gasteiger partial charge in [0, 0.05) is 40.5 Å². The van der Waals surface area contributed by atoms with Crippen molar-refractivity contribution in [1.29, 1.82) is 0 Å². The maximum atomic E-state index is 11.3. The van der Waals surface area contributed by atoms with Crippen molar-refractivity contribution in [2.24, 2.45) is 11.3 Å². The van der Waals surface area contributed by atoms with Gasteiger partial charge in [-0.15, -0.1) is 0 Å². The molecule has 1 N–H and O–H groups in total. The van der Waals surface area contributed by atoms with Crippen LogP contribution in [0.1, 0.15) is 25.7 Å². The van der Waals surface area contributed by atoms with E-state index in [0.29, 0.717) is 30.7 Å². The van der Waals surface area contributed by atoms with Gasteiger partial charge in [-0.25, -0.2) is 23.1 Å². The van der Waals surface area contributed by atoms with Crippen LogP contribution in [0.4, 0.5) is 5.82 Å². The molecule has 0 atom stereocenters. The second kappa shape index (κ2) is 8.70. The number of nitrogens with zero attached hydrogens (tertiary/aromatic N) is 4. The molecule has 2 aromatic rings. The zero-order valence-corrected chi connectivity index (χ0v) is 21.8. The fourth-order valence-electron chi connectivity index (χ4n) is 5.22. The normalized spacial score (nSPS) is 25.7. The van der Waals surface area contributed by atoms with Gasteiger partial charge in [-0.05, 0) is 49.1 Å². The Kier molecular flexibility index (Phi) is 6.43. The van der Waals surface area contributed by atoms with Crippen LogP contribution in [0.2, 0.25) is 25.7 Å². The van der Waals surface area contributed by atoms with E-state index in [4.69, 9.17) is 4.74 Å². The quantitative estimate of drug-likeness (QED) is 0.415. The molecular formula is C22H37N5O3SSi. The van der Waals surface area contributed by atoms with Gasteiger partial charge in [0.05, 0.1) is 11.6 Å². The molecule has 2 heterocycles. The highest BCUT2D eigenvalue weighted by atomic mass is 32.2. The number of ether oxygens (including phenoxy) is 1. The Labute approximate surface area is 192 Å². The summed E-state index contributed by atoms with van der Waals surface area (Å²) in [6.07, 6.45) is 9.44. The number of fused-ring (bicyclic) bond motifs is 1. The van der Waals surface area contributed by atoms with Crippen molar-refractivity contribution < 1.29 is 13.2 Å². The average molecular weight is 480 g/mol. The molecule has 32 heavy (non-hydrogen) atoms. The Morgan fingerprint density at radius 3 is 2.62 bits per heavy atom. The maximum Gasteiger partial charge on any atom is 0.208 e. The highest BCUT2D eigenvalue weighted by Crippen LogP contribution is 2.59. The van der Waals surface area contributed by atoms with E-state index in [1.807, 2.05) is 6.20 Å². The minimum absolute atomic E-state index is 0.394. The summed E-state index contributed by atoms with van der Waals surface area (Å²) in [6.45, 7) is 8.95. The lowest BCUT2D eigenvalue weighted by atomic mass is 9.50. The Hall–Kier alpha value is -1.49. The first-order valence-corrected chi connectivity index (χ1v) is 17.1. The number of rotatable bonds is 10. The molecule has 2 aliphatic carbocycles. The molecule has 0 aromatic carbocycles. The minimum atomic E-state index is -3.10. The van der Waals surface area contributed by atoms with Crippen LogP contribution >= 0.6 is 0 Å². The van der Waals surface area contributed by atoms with Crippen LogP contribution in [0.3, 0.4) is 0 Å². The minimum Gasteiger partial charge on any atom is -0.361 e. The fraction of sp³-hybridized carbons (Fsp3) is 0.727. The summed E-state index contributed by atoms with van der Waals surface area (Å²) in [4.78, 5) is 11.4. The van der Waals surface area contributed by atoms with Gasteiger partial charge in [-0.2, -0.15) is 0 Å². The molecule has 0 aliphatic heterocycles. The second-order valence-corrected chi connectivity index (χ2v) is 18.6. The number of nitrogens with one attached hydrogen (secondary N) is 1. The standard InChI is InChI=1S/C22H37N5O3SSi/c1-26(18-12-22(13-18)10-17(11-22)14-25-31(2,28)29)20-19-6-7-27(21(19)24-15-23-20)16-30-8-9-32(3,4)5/h6-7,15,17-18,25H,8-14,16H2,1-5H3. The first kappa shape index (κ1) is 23.7. The molecule has 8 nitrogen and oxygen atoms in total. The molecule has 2 fully saturated rings. The maximum absolute atomic E-state index is 11.3. The predicted molar refractivity (Wildman–Crippen MR) is 131 cm³/mol. The highest BCUT2D eigenvalue weighted by molar-refractivity contribution is 7.88. The fourth-order valence-corrected chi connectivity index (χ4v) is 6.51. The second-order valence-electron chi connectivity index (χ2n) is 11.1. The van der Waals surface area contributed by atoms with Crippen molar-refractivity contribution in [3.8, 4) is 0 Å². The van der Waals surface area contributed by atoms with E-state index in [2.05, 4.69) is 56.9 Å². The molecule has 2 aliphatic rings. The van der Waals surface area contributed by atoms with E-state index >= 15 is 0 Å². The van der Waals surface area contributed by atoms with Crippen LogP contribution in [0.15, 0.2) is 18.6 Å². The number of hydrogen-bond acceptors (Lipinski definition) is 6. The Morgan fingerprint density at radius 1 is 1.25 bits per heavy atom. The molecule has 0 radical (unpaired) electrons. The lowest BCUT2D eigenvalue weighted by molar-refractivity contribution is -0.0374. The van der Waals surface area contributed by atoms with Crippen LogP contribution in [0.5, 0.6) is 0 Å². The van der Waals surface area contributed by atoms with Gasteiger partial charge in [-0.1, -0.05) is 19.6 Å². The third kappa shape index (κ3) is 5.35. The SMILES string of the molecule is CN(c1ncnc2c1ccn2COCC[Si](C)(C)C)C1CC2(CC(CNS(C)(=O)=O)C2)C1. The zero-order chi connectivity index (χ0) is 23.1. The van der Waals surface area contributed by atoms with Crippen LogP contribution in [-0.2, 0) is 21.5 Å². The van der Waals surface area contributed by atoms with E-state index in [9.17, 15) is 8.42 Å². The average Bonchev–Trinajstić information content (AvgIpc) is 3.04. The zero-order valence-electron chi connectivity index (χ0n) is 20.0. The van der Waals surface area contributed by atoms with Gasteiger partial charge < -0.3 is 14.2 Å². The number of aromatic nitrogens is 3. The van der Waals surface area contributed by atoms with Crippen molar-refractivity contribution in [3.63, 3.8) is 0 Å².